The van der Waals surface area contributed by atoms with Crippen LogP contribution in [0, 0.1) is 0 Å². The zero-order valence-electron chi connectivity index (χ0n) is 12.8. The van der Waals surface area contributed by atoms with E-state index >= 15 is 0 Å². The first-order valence-corrected chi connectivity index (χ1v) is 9.26. The fourth-order valence-corrected chi connectivity index (χ4v) is 4.24. The first-order chi connectivity index (χ1) is 11.4. The number of fused-ring (bicyclic) bond motifs is 1. The van der Waals surface area contributed by atoms with Crippen LogP contribution >= 0.6 is 11.3 Å². The molecule has 0 unspecified atom stereocenters. The molecule has 0 aliphatic rings. The molecule has 0 saturated carbocycles. The maximum atomic E-state index is 6.12. The predicted octanol–water partition coefficient (Wildman–Crippen LogP) is 3.46. The van der Waals surface area contributed by atoms with Crippen LogP contribution in [-0.2, 0) is 0 Å². The van der Waals surface area contributed by atoms with E-state index in [2.05, 4.69) is 24.3 Å². The molecular formula is C19H15AlNO2S. The van der Waals surface area contributed by atoms with Crippen LogP contribution in [0.1, 0.15) is 0 Å². The van der Waals surface area contributed by atoms with Crippen molar-refractivity contribution < 1.29 is 9.26 Å². The summed E-state index contributed by atoms with van der Waals surface area (Å²) in [7, 11) is 0. The highest BCUT2D eigenvalue weighted by atomic mass is 32.1. The Hall–Kier alpha value is -2.16. The van der Waals surface area contributed by atoms with Crippen molar-refractivity contribution in [2.45, 2.75) is 0 Å². The fraction of sp³-hybridized carbons (Fsp3) is 0. The van der Waals surface area contributed by atoms with Crippen molar-refractivity contribution >= 4 is 41.5 Å². The van der Waals surface area contributed by atoms with Crippen LogP contribution in [0.15, 0.2) is 78.9 Å². The Labute approximate surface area is 150 Å². The molecule has 4 aromatic rings. The van der Waals surface area contributed by atoms with Crippen LogP contribution in [0.5, 0.6) is 5.75 Å². The summed E-state index contributed by atoms with van der Waals surface area (Å²) in [6.45, 7) is 0. The Morgan fingerprint density at radius 3 is 2.33 bits per heavy atom. The molecular weight excluding hydrogens is 333 g/mol. The van der Waals surface area contributed by atoms with E-state index in [-0.39, 0.29) is 21.0 Å². The Morgan fingerprint density at radius 2 is 1.50 bits per heavy atom. The molecule has 0 amide bonds. The molecule has 4 rings (SSSR count). The minimum Gasteiger partial charge on any atom is -0.644 e. The molecule has 0 bridgehead atoms. The molecule has 0 saturated heterocycles. The van der Waals surface area contributed by atoms with Crippen LogP contribution in [0.25, 0.3) is 20.8 Å². The number of hydrogen-bond acceptors (Lipinski definition) is 3. The lowest BCUT2D eigenvalue weighted by atomic mass is 10.2. The maximum absolute atomic E-state index is 6.12. The number of benzene rings is 3. The summed E-state index contributed by atoms with van der Waals surface area (Å²) in [4.78, 5) is 4.75. The van der Waals surface area contributed by atoms with E-state index in [1.54, 1.807) is 11.3 Å². The molecule has 3 aromatic carbocycles. The van der Waals surface area contributed by atoms with E-state index < -0.39 is 0 Å². The van der Waals surface area contributed by atoms with E-state index in [0.29, 0.717) is 0 Å². The van der Waals surface area contributed by atoms with Crippen LogP contribution in [-0.4, -0.2) is 26.0 Å². The van der Waals surface area contributed by atoms with Gasteiger partial charge in [-0.3, -0.25) is 0 Å². The number of aromatic nitrogens is 1. The van der Waals surface area contributed by atoms with Crippen molar-refractivity contribution in [3.8, 4) is 16.3 Å². The van der Waals surface area contributed by atoms with E-state index in [4.69, 9.17) is 8.77 Å². The summed E-state index contributed by atoms with van der Waals surface area (Å²) in [6, 6.07) is 26.7. The van der Waals surface area contributed by atoms with Gasteiger partial charge in [-0.1, -0.05) is 59.0 Å². The lowest BCUT2D eigenvalue weighted by molar-refractivity contribution is 0.607. The van der Waals surface area contributed by atoms with E-state index in [1.165, 1.54) is 9.13 Å². The van der Waals surface area contributed by atoms with Gasteiger partial charge in [0.2, 0.25) is 0 Å². The fourth-order valence-electron chi connectivity index (χ4n) is 2.40. The highest BCUT2D eigenvalue weighted by Crippen LogP contribution is 2.35. The van der Waals surface area contributed by atoms with Crippen molar-refractivity contribution in [2.24, 2.45) is 0 Å². The van der Waals surface area contributed by atoms with Crippen molar-refractivity contribution in [3.05, 3.63) is 78.9 Å². The molecule has 1 aromatic heterocycles. The average molecular weight is 348 g/mol. The molecule has 0 atom stereocenters. The SMILES string of the molecule is O.c1cc[c]([Al][O]c2ccccc2-c2nc3ccccc3s2)cc1. The predicted molar refractivity (Wildman–Crippen MR) is 101 cm³/mol. The topological polar surface area (TPSA) is 53.6 Å². The number of hydrogen-bond donors (Lipinski definition) is 0. The van der Waals surface area contributed by atoms with Gasteiger partial charge >= 0.3 is 15.6 Å². The lowest BCUT2D eigenvalue weighted by Gasteiger charge is -2.10. The summed E-state index contributed by atoms with van der Waals surface area (Å²) < 4.78 is 8.57. The Bertz CT molecular complexity index is 907. The standard InChI is InChI=1S/C13H9NOS.C6H5.Al.H2O/c15-11-7-3-1-5-9(11)13-14-10-6-2-4-8-12(10)16-13;1-2-4-6-5-3-1;;/h1-8,15H;1-5H;;1H2/q;;+1;/p-1. The molecule has 0 aliphatic carbocycles. The highest BCUT2D eigenvalue weighted by Gasteiger charge is 2.12. The van der Waals surface area contributed by atoms with Gasteiger partial charge in [-0.2, -0.15) is 0 Å². The van der Waals surface area contributed by atoms with Crippen LogP contribution in [0.2, 0.25) is 0 Å². The molecule has 5 heteroatoms. The highest BCUT2D eigenvalue weighted by molar-refractivity contribution is 7.21. The van der Waals surface area contributed by atoms with Crippen molar-refractivity contribution in [1.29, 1.82) is 0 Å². The molecule has 3 nitrogen and oxygen atoms in total. The molecule has 24 heavy (non-hydrogen) atoms. The van der Waals surface area contributed by atoms with E-state index in [1.807, 2.05) is 54.6 Å². The van der Waals surface area contributed by atoms with Crippen LogP contribution in [0.4, 0.5) is 0 Å². The van der Waals surface area contributed by atoms with Gasteiger partial charge in [-0.15, -0.1) is 11.3 Å². The third kappa shape index (κ3) is 3.50. The van der Waals surface area contributed by atoms with Crippen molar-refractivity contribution in [2.75, 3.05) is 0 Å². The minimum absolute atomic E-state index is 0. The van der Waals surface area contributed by atoms with Gasteiger partial charge in [-0.05, 0) is 24.3 Å². The second-order valence-corrected chi connectivity index (χ2v) is 7.30. The molecule has 0 fully saturated rings. The van der Waals surface area contributed by atoms with Gasteiger partial charge in [0.1, 0.15) is 5.01 Å². The third-order valence-corrected chi connectivity index (χ3v) is 5.63. The van der Waals surface area contributed by atoms with Gasteiger partial charge in [0, 0.05) is 5.56 Å². The summed E-state index contributed by atoms with van der Waals surface area (Å²) in [5.41, 5.74) is 2.11. The second kappa shape index (κ2) is 7.61. The van der Waals surface area contributed by atoms with E-state index in [0.717, 1.165) is 21.8 Å². The van der Waals surface area contributed by atoms with Crippen molar-refractivity contribution in [3.63, 3.8) is 0 Å². The number of rotatable bonds is 4. The lowest BCUT2D eigenvalue weighted by Crippen LogP contribution is -2.19. The molecule has 0 aliphatic heterocycles. The largest absolute Gasteiger partial charge is 0.644 e. The summed E-state index contributed by atoms with van der Waals surface area (Å²) in [5, 5.41) is 1.01. The normalized spacial score (nSPS) is 10.2. The Morgan fingerprint density at radius 1 is 0.792 bits per heavy atom. The molecule has 0 spiro atoms. The van der Waals surface area contributed by atoms with Crippen molar-refractivity contribution in [1.82, 2.24) is 4.98 Å². The van der Waals surface area contributed by atoms with E-state index in [9.17, 15) is 0 Å². The summed E-state index contributed by atoms with van der Waals surface area (Å²) in [6.07, 6.45) is 0. The third-order valence-electron chi connectivity index (χ3n) is 3.53. The zero-order chi connectivity index (χ0) is 15.5. The van der Waals surface area contributed by atoms with Gasteiger partial charge in [0.15, 0.2) is 0 Å². The second-order valence-electron chi connectivity index (χ2n) is 5.13. The first-order valence-electron chi connectivity index (χ1n) is 7.40. The zero-order valence-corrected chi connectivity index (χ0v) is 14.8. The number of nitrogens with zero attached hydrogens (tertiary/aromatic N) is 1. The van der Waals surface area contributed by atoms with Gasteiger partial charge in [-0.25, -0.2) is 4.98 Å². The smallest absolute Gasteiger partial charge is 0.570 e. The van der Waals surface area contributed by atoms with Crippen LogP contribution in [0.3, 0.4) is 0 Å². The monoisotopic (exact) mass is 348 g/mol. The van der Waals surface area contributed by atoms with Crippen LogP contribution < -0.4 is 8.21 Å². The van der Waals surface area contributed by atoms with Gasteiger partial charge in [0.25, 0.3) is 0 Å². The average Bonchev–Trinajstić information content (AvgIpc) is 3.05. The van der Waals surface area contributed by atoms with Gasteiger partial charge in [0.05, 0.1) is 16.0 Å². The minimum atomic E-state index is -0.250. The number of thiazole rings is 1. The number of para-hydroxylation sites is 2. The molecule has 2 N–H and O–H groups in total. The summed E-state index contributed by atoms with van der Waals surface area (Å²) >= 11 is 1.45. The molecule has 1 radical (unpaired) electrons. The molecule has 117 valence electrons. The Kier molecular flexibility index (Phi) is 5.29. The first kappa shape index (κ1) is 16.7. The molecule has 1 heterocycles. The maximum Gasteiger partial charge on any atom is 0.570 e. The van der Waals surface area contributed by atoms with Gasteiger partial charge < -0.3 is 9.26 Å². The quantitative estimate of drug-likeness (QED) is 0.530. The Balaban J connectivity index is 0.00000169. The summed E-state index contributed by atoms with van der Waals surface area (Å²) in [5.74, 6) is 0.908.